The molecule has 36 heavy (non-hydrogen) atoms. The number of carbonyl (C=O) groups excluding carboxylic acids is 1. The van der Waals surface area contributed by atoms with Gasteiger partial charge in [-0.05, 0) is 53.9 Å². The Labute approximate surface area is 205 Å². The highest BCUT2D eigenvalue weighted by molar-refractivity contribution is 6.06. The van der Waals surface area contributed by atoms with E-state index in [-0.39, 0.29) is 12.1 Å². The number of urea groups is 1. The zero-order chi connectivity index (χ0) is 24.9. The molecule has 1 atom stereocenters. The summed E-state index contributed by atoms with van der Waals surface area (Å²) < 4.78 is 45.2. The maximum Gasteiger partial charge on any atom is 0.416 e. The molecule has 2 aliphatic heterocycles. The molecule has 2 bridgehead atoms. The van der Waals surface area contributed by atoms with Gasteiger partial charge in [0.15, 0.2) is 12.2 Å². The van der Waals surface area contributed by atoms with Crippen molar-refractivity contribution in [2.75, 3.05) is 28.2 Å². The van der Waals surface area contributed by atoms with Crippen molar-refractivity contribution in [1.29, 1.82) is 0 Å². The van der Waals surface area contributed by atoms with Crippen molar-refractivity contribution >= 4 is 23.1 Å². The fourth-order valence-corrected chi connectivity index (χ4v) is 4.97. The Morgan fingerprint density at radius 1 is 0.972 bits per heavy atom. The van der Waals surface area contributed by atoms with Gasteiger partial charge < -0.3 is 14.6 Å². The van der Waals surface area contributed by atoms with Gasteiger partial charge in [-0.15, -0.1) is 0 Å². The molecule has 1 saturated heterocycles. The summed E-state index contributed by atoms with van der Waals surface area (Å²) in [7, 11) is 0. The summed E-state index contributed by atoms with van der Waals surface area (Å²) in [5.41, 5.74) is 3.32. The molecule has 0 saturated carbocycles. The van der Waals surface area contributed by atoms with Crippen LogP contribution in [-0.4, -0.2) is 30.1 Å². The number of benzene rings is 3. The third-order valence-corrected chi connectivity index (χ3v) is 6.68. The van der Waals surface area contributed by atoms with Crippen molar-refractivity contribution in [3.8, 4) is 22.5 Å². The fraction of sp³-hybridized carbons (Fsp3) is 0.185. The van der Waals surface area contributed by atoms with E-state index in [9.17, 15) is 18.0 Å². The number of carbonyl (C=O) groups is 1. The van der Waals surface area contributed by atoms with Gasteiger partial charge in [-0.1, -0.05) is 30.3 Å². The van der Waals surface area contributed by atoms with Crippen molar-refractivity contribution < 1.29 is 22.4 Å². The van der Waals surface area contributed by atoms with E-state index in [0.717, 1.165) is 36.3 Å². The smallest absolute Gasteiger partial charge is 0.416 e. The molecule has 6 rings (SSSR count). The molecule has 9 heteroatoms. The lowest BCUT2D eigenvalue weighted by molar-refractivity contribution is -0.137. The number of aromatic nitrogens is 1. The van der Waals surface area contributed by atoms with Crippen molar-refractivity contribution in [1.82, 2.24) is 4.98 Å². The summed E-state index contributed by atoms with van der Waals surface area (Å²) in [6, 6.07) is 17.7. The minimum absolute atomic E-state index is 0.0354. The Balaban J connectivity index is 1.34. The minimum atomic E-state index is -4.43. The first-order chi connectivity index (χ1) is 17.4. The van der Waals surface area contributed by atoms with Crippen LogP contribution in [0.4, 0.5) is 35.0 Å². The van der Waals surface area contributed by atoms with E-state index in [1.54, 1.807) is 29.3 Å². The van der Waals surface area contributed by atoms with Crippen molar-refractivity contribution in [3.63, 3.8) is 0 Å². The van der Waals surface area contributed by atoms with Crippen LogP contribution in [0.3, 0.4) is 0 Å². The number of amides is 2. The fourth-order valence-electron chi connectivity index (χ4n) is 4.97. The van der Waals surface area contributed by atoms with Crippen molar-refractivity contribution in [3.05, 3.63) is 84.9 Å². The lowest BCUT2D eigenvalue weighted by Gasteiger charge is -2.37. The Bertz CT molecular complexity index is 1440. The van der Waals surface area contributed by atoms with Crippen LogP contribution in [0.15, 0.2) is 83.7 Å². The number of halogens is 3. The van der Waals surface area contributed by atoms with E-state index in [0.29, 0.717) is 34.8 Å². The molecule has 0 spiro atoms. The van der Waals surface area contributed by atoms with Gasteiger partial charge in [-0.25, -0.2) is 9.78 Å². The molecule has 0 aliphatic carbocycles. The van der Waals surface area contributed by atoms with Gasteiger partial charge in [-0.2, -0.15) is 13.2 Å². The molecule has 0 unspecified atom stereocenters. The number of nitrogens with one attached hydrogen (secondary N) is 1. The number of nitrogens with zero attached hydrogens (tertiary/aromatic N) is 3. The molecule has 4 aromatic rings. The van der Waals surface area contributed by atoms with E-state index in [1.807, 2.05) is 30.3 Å². The van der Waals surface area contributed by atoms with Crippen LogP contribution in [0.1, 0.15) is 12.0 Å². The van der Waals surface area contributed by atoms with Crippen molar-refractivity contribution in [2.24, 2.45) is 0 Å². The number of hydrogen-bond acceptors (Lipinski definition) is 4. The molecule has 0 radical (unpaired) electrons. The predicted octanol–water partition coefficient (Wildman–Crippen LogP) is 6.66. The minimum Gasteiger partial charge on any atom is -0.444 e. The van der Waals surface area contributed by atoms with E-state index < -0.39 is 11.7 Å². The van der Waals surface area contributed by atoms with Gasteiger partial charge >= 0.3 is 12.2 Å². The maximum absolute atomic E-state index is 13.6. The van der Waals surface area contributed by atoms with E-state index >= 15 is 0 Å². The normalized spacial score (nSPS) is 16.7. The van der Waals surface area contributed by atoms with Gasteiger partial charge in [0.25, 0.3) is 0 Å². The van der Waals surface area contributed by atoms with Gasteiger partial charge in [0, 0.05) is 24.3 Å². The molecule has 1 N–H and O–H groups in total. The standard InChI is InChI=1S/C27H21F3N4O2/c28-27(29,30)20-5-1-3-17(11-20)18-7-8-23-24(13-18)34(22-9-10-33(23)15-22)26(35)32-21-6-2-4-19(12-21)25-14-31-16-36-25/h1-8,11-14,16,22H,9-10,15H2,(H,32,35)/t22-/m0/s1. The predicted molar refractivity (Wildman–Crippen MR) is 131 cm³/mol. The molecule has 3 aromatic carbocycles. The van der Waals surface area contributed by atoms with E-state index in [2.05, 4.69) is 15.2 Å². The molecule has 182 valence electrons. The van der Waals surface area contributed by atoms with Crippen LogP contribution in [-0.2, 0) is 6.18 Å². The van der Waals surface area contributed by atoms with Crippen LogP contribution < -0.4 is 15.1 Å². The third-order valence-electron chi connectivity index (χ3n) is 6.68. The molecular weight excluding hydrogens is 469 g/mol. The lowest BCUT2D eigenvalue weighted by atomic mass is 10.00. The zero-order valence-corrected chi connectivity index (χ0v) is 19.0. The average Bonchev–Trinajstić information content (AvgIpc) is 3.55. The monoisotopic (exact) mass is 490 g/mol. The SMILES string of the molecule is O=C(Nc1cccc(-c2cnco2)c1)N1c2cc(-c3cccc(C(F)(F)F)c3)ccc2N2CC[C@H]1C2. The number of anilines is 3. The second kappa shape index (κ2) is 8.44. The zero-order valence-electron chi connectivity index (χ0n) is 19.0. The summed E-state index contributed by atoms with van der Waals surface area (Å²) in [4.78, 5) is 21.4. The molecule has 6 nitrogen and oxygen atoms in total. The first-order valence-electron chi connectivity index (χ1n) is 11.5. The van der Waals surface area contributed by atoms with E-state index in [4.69, 9.17) is 4.42 Å². The van der Waals surface area contributed by atoms with Crippen LogP contribution in [0.2, 0.25) is 0 Å². The number of fused-ring (bicyclic) bond motifs is 4. The number of rotatable bonds is 3. The largest absolute Gasteiger partial charge is 0.444 e. The topological polar surface area (TPSA) is 61.6 Å². The lowest BCUT2D eigenvalue weighted by Crippen LogP contribution is -2.47. The molecule has 3 heterocycles. The van der Waals surface area contributed by atoms with Crippen LogP contribution >= 0.6 is 0 Å². The van der Waals surface area contributed by atoms with Gasteiger partial charge in [0.2, 0.25) is 0 Å². The number of alkyl halides is 3. The summed E-state index contributed by atoms with van der Waals surface area (Å²) >= 11 is 0. The summed E-state index contributed by atoms with van der Waals surface area (Å²) in [5, 5.41) is 2.98. The van der Waals surface area contributed by atoms with Gasteiger partial charge in [-0.3, -0.25) is 4.90 Å². The van der Waals surface area contributed by atoms with E-state index in [1.165, 1.54) is 12.5 Å². The molecule has 2 amide bonds. The van der Waals surface area contributed by atoms with Crippen LogP contribution in [0, 0.1) is 0 Å². The second-order valence-electron chi connectivity index (χ2n) is 8.92. The van der Waals surface area contributed by atoms with Gasteiger partial charge in [0.1, 0.15) is 0 Å². The van der Waals surface area contributed by atoms with Crippen molar-refractivity contribution in [2.45, 2.75) is 18.6 Å². The number of oxazole rings is 1. The molecule has 2 aliphatic rings. The Morgan fingerprint density at radius 3 is 2.58 bits per heavy atom. The Kier molecular flexibility index (Phi) is 5.21. The highest BCUT2D eigenvalue weighted by Crippen LogP contribution is 2.43. The summed E-state index contributed by atoms with van der Waals surface area (Å²) in [6.07, 6.45) is -0.677. The highest BCUT2D eigenvalue weighted by Gasteiger charge is 2.39. The highest BCUT2D eigenvalue weighted by atomic mass is 19.4. The Hall–Kier alpha value is -4.27. The van der Waals surface area contributed by atoms with Gasteiger partial charge in [0.05, 0.1) is 29.2 Å². The average molecular weight is 490 g/mol. The summed E-state index contributed by atoms with van der Waals surface area (Å²) in [5.74, 6) is 0.589. The maximum atomic E-state index is 13.6. The summed E-state index contributed by atoms with van der Waals surface area (Å²) in [6.45, 7) is 1.52. The molecule has 1 fully saturated rings. The molecular formula is C27H21F3N4O2. The quantitative estimate of drug-likeness (QED) is 0.349. The van der Waals surface area contributed by atoms with Crippen LogP contribution in [0.5, 0.6) is 0 Å². The molecule has 1 aromatic heterocycles. The van der Waals surface area contributed by atoms with Crippen LogP contribution in [0.25, 0.3) is 22.5 Å². The third kappa shape index (κ3) is 3.96. The number of hydrogen-bond donors (Lipinski definition) is 1. The second-order valence-corrected chi connectivity index (χ2v) is 8.92. The first kappa shape index (κ1) is 22.2. The Morgan fingerprint density at radius 2 is 1.78 bits per heavy atom. The first-order valence-corrected chi connectivity index (χ1v) is 11.5.